The van der Waals surface area contributed by atoms with E-state index >= 15 is 0 Å². The van der Waals surface area contributed by atoms with Gasteiger partial charge in [-0.1, -0.05) is 24.3 Å². The van der Waals surface area contributed by atoms with Gasteiger partial charge in [0.25, 0.3) is 0 Å². The Balaban J connectivity index is 1.71. The third kappa shape index (κ3) is 3.72. The van der Waals surface area contributed by atoms with E-state index in [0.717, 1.165) is 22.7 Å². The summed E-state index contributed by atoms with van der Waals surface area (Å²) in [6.45, 7) is 5.31. The minimum absolute atomic E-state index is 0.605. The lowest BCUT2D eigenvalue weighted by Crippen LogP contribution is -2.01. The lowest BCUT2D eigenvalue weighted by molar-refractivity contribution is 0.340. The van der Waals surface area contributed by atoms with E-state index in [2.05, 4.69) is 29.4 Å². The molecule has 118 valence electrons. The zero-order valence-corrected chi connectivity index (χ0v) is 13.4. The normalized spacial score (nSPS) is 10.5. The first kappa shape index (κ1) is 15.2. The van der Waals surface area contributed by atoms with E-state index in [0.29, 0.717) is 19.0 Å². The summed E-state index contributed by atoms with van der Waals surface area (Å²) in [6, 6.07) is 16.0. The van der Waals surface area contributed by atoms with Crippen LogP contribution in [0.3, 0.4) is 0 Å². The van der Waals surface area contributed by atoms with Crippen LogP contribution in [-0.4, -0.2) is 11.6 Å². The van der Waals surface area contributed by atoms with Crippen molar-refractivity contribution in [3.05, 3.63) is 66.1 Å². The Morgan fingerprint density at radius 3 is 2.83 bits per heavy atom. The van der Waals surface area contributed by atoms with E-state index in [1.165, 1.54) is 5.56 Å². The SMILES string of the molecule is CCOc1cccc(-c2nc(CNc3ccccc3C)co2)c1. The van der Waals surface area contributed by atoms with Crippen LogP contribution in [0.5, 0.6) is 5.75 Å². The maximum Gasteiger partial charge on any atom is 0.226 e. The first-order chi connectivity index (χ1) is 11.3. The third-order valence-corrected chi connectivity index (χ3v) is 3.55. The molecule has 3 aromatic rings. The summed E-state index contributed by atoms with van der Waals surface area (Å²) in [5.41, 5.74) is 4.10. The summed E-state index contributed by atoms with van der Waals surface area (Å²) in [7, 11) is 0. The number of ether oxygens (including phenoxy) is 1. The molecule has 0 aliphatic rings. The predicted molar refractivity (Wildman–Crippen MR) is 91.6 cm³/mol. The fourth-order valence-electron chi connectivity index (χ4n) is 2.36. The molecule has 3 rings (SSSR count). The molecule has 0 amide bonds. The minimum Gasteiger partial charge on any atom is -0.494 e. The zero-order valence-electron chi connectivity index (χ0n) is 13.4. The third-order valence-electron chi connectivity index (χ3n) is 3.55. The number of nitrogens with zero attached hydrogens (tertiary/aromatic N) is 1. The van der Waals surface area contributed by atoms with Crippen LogP contribution < -0.4 is 10.1 Å². The van der Waals surface area contributed by atoms with E-state index in [-0.39, 0.29) is 0 Å². The first-order valence-corrected chi connectivity index (χ1v) is 7.73. The summed E-state index contributed by atoms with van der Waals surface area (Å²) >= 11 is 0. The number of rotatable bonds is 6. The molecule has 0 unspecified atom stereocenters. The Morgan fingerprint density at radius 2 is 2.00 bits per heavy atom. The molecule has 0 radical (unpaired) electrons. The highest BCUT2D eigenvalue weighted by Crippen LogP contribution is 2.24. The van der Waals surface area contributed by atoms with Gasteiger partial charge in [-0.05, 0) is 43.7 Å². The van der Waals surface area contributed by atoms with Crippen LogP contribution in [0.1, 0.15) is 18.2 Å². The summed E-state index contributed by atoms with van der Waals surface area (Å²) in [5, 5.41) is 3.38. The Kier molecular flexibility index (Phi) is 4.62. The molecule has 0 saturated carbocycles. The van der Waals surface area contributed by atoms with Crippen LogP contribution in [0, 0.1) is 6.92 Å². The average molecular weight is 308 g/mol. The maximum absolute atomic E-state index is 5.60. The van der Waals surface area contributed by atoms with Gasteiger partial charge >= 0.3 is 0 Å². The van der Waals surface area contributed by atoms with Gasteiger partial charge in [0, 0.05) is 11.3 Å². The number of aryl methyl sites for hydroxylation is 1. The van der Waals surface area contributed by atoms with Crippen molar-refractivity contribution in [2.24, 2.45) is 0 Å². The molecule has 4 nitrogen and oxygen atoms in total. The van der Waals surface area contributed by atoms with E-state index < -0.39 is 0 Å². The number of benzene rings is 2. The van der Waals surface area contributed by atoms with Crippen molar-refractivity contribution in [1.82, 2.24) is 4.98 Å². The van der Waals surface area contributed by atoms with Crippen LogP contribution in [0.25, 0.3) is 11.5 Å². The van der Waals surface area contributed by atoms with Crippen molar-refractivity contribution in [1.29, 1.82) is 0 Å². The predicted octanol–water partition coefficient (Wildman–Crippen LogP) is 4.66. The second-order valence-corrected chi connectivity index (χ2v) is 5.27. The molecule has 23 heavy (non-hydrogen) atoms. The van der Waals surface area contributed by atoms with Crippen molar-refractivity contribution in [3.63, 3.8) is 0 Å². The van der Waals surface area contributed by atoms with Crippen molar-refractivity contribution < 1.29 is 9.15 Å². The molecular weight excluding hydrogens is 288 g/mol. The summed E-state index contributed by atoms with van der Waals surface area (Å²) in [4.78, 5) is 4.54. The first-order valence-electron chi connectivity index (χ1n) is 7.73. The molecule has 0 saturated heterocycles. The smallest absolute Gasteiger partial charge is 0.226 e. The fraction of sp³-hybridized carbons (Fsp3) is 0.211. The monoisotopic (exact) mass is 308 g/mol. The fourth-order valence-corrected chi connectivity index (χ4v) is 2.36. The number of para-hydroxylation sites is 1. The quantitative estimate of drug-likeness (QED) is 0.719. The Morgan fingerprint density at radius 1 is 1.13 bits per heavy atom. The van der Waals surface area contributed by atoms with Gasteiger partial charge in [0.1, 0.15) is 12.0 Å². The largest absolute Gasteiger partial charge is 0.494 e. The van der Waals surface area contributed by atoms with Crippen LogP contribution in [0.15, 0.2) is 59.2 Å². The number of hydrogen-bond donors (Lipinski definition) is 1. The Bertz CT molecular complexity index is 780. The summed E-state index contributed by atoms with van der Waals surface area (Å²) in [5.74, 6) is 1.43. The molecule has 4 heteroatoms. The van der Waals surface area contributed by atoms with Crippen LogP contribution in [-0.2, 0) is 6.54 Å². The molecule has 1 aromatic heterocycles. The summed E-state index contributed by atoms with van der Waals surface area (Å²) in [6.07, 6.45) is 1.69. The molecule has 0 fully saturated rings. The number of aromatic nitrogens is 1. The van der Waals surface area contributed by atoms with Crippen LogP contribution >= 0.6 is 0 Å². The van der Waals surface area contributed by atoms with E-state index in [1.54, 1.807) is 6.26 Å². The van der Waals surface area contributed by atoms with Gasteiger partial charge < -0.3 is 14.5 Å². The molecular formula is C19H20N2O2. The lowest BCUT2D eigenvalue weighted by Gasteiger charge is -2.06. The second-order valence-electron chi connectivity index (χ2n) is 5.27. The molecule has 2 aromatic carbocycles. The maximum atomic E-state index is 5.60. The molecule has 0 bridgehead atoms. The van der Waals surface area contributed by atoms with Crippen LogP contribution in [0.2, 0.25) is 0 Å². The summed E-state index contributed by atoms with van der Waals surface area (Å²) < 4.78 is 11.1. The van der Waals surface area contributed by atoms with Gasteiger partial charge in [-0.15, -0.1) is 0 Å². The average Bonchev–Trinajstić information content (AvgIpc) is 3.04. The van der Waals surface area contributed by atoms with Crippen molar-refractivity contribution >= 4 is 5.69 Å². The van der Waals surface area contributed by atoms with Gasteiger partial charge in [-0.25, -0.2) is 4.98 Å². The number of oxazole rings is 1. The molecule has 0 atom stereocenters. The molecule has 0 spiro atoms. The Labute approximate surface area is 136 Å². The molecule has 0 aliphatic carbocycles. The number of hydrogen-bond acceptors (Lipinski definition) is 4. The number of nitrogens with one attached hydrogen (secondary N) is 1. The molecule has 1 N–H and O–H groups in total. The minimum atomic E-state index is 0.605. The van der Waals surface area contributed by atoms with Gasteiger partial charge in [-0.2, -0.15) is 0 Å². The lowest BCUT2D eigenvalue weighted by atomic mass is 10.2. The molecule has 1 heterocycles. The van der Waals surface area contributed by atoms with Gasteiger partial charge in [0.15, 0.2) is 0 Å². The van der Waals surface area contributed by atoms with E-state index in [4.69, 9.17) is 9.15 Å². The highest BCUT2D eigenvalue weighted by atomic mass is 16.5. The van der Waals surface area contributed by atoms with Crippen molar-refractivity contribution in [2.75, 3.05) is 11.9 Å². The van der Waals surface area contributed by atoms with Gasteiger partial charge in [-0.3, -0.25) is 0 Å². The highest BCUT2D eigenvalue weighted by Gasteiger charge is 2.08. The van der Waals surface area contributed by atoms with Gasteiger partial charge in [0.2, 0.25) is 5.89 Å². The van der Waals surface area contributed by atoms with Crippen molar-refractivity contribution in [2.45, 2.75) is 20.4 Å². The van der Waals surface area contributed by atoms with Crippen LogP contribution in [0.4, 0.5) is 5.69 Å². The molecule has 0 aliphatic heterocycles. The topological polar surface area (TPSA) is 47.3 Å². The zero-order chi connectivity index (χ0) is 16.1. The number of anilines is 1. The van der Waals surface area contributed by atoms with E-state index in [9.17, 15) is 0 Å². The second kappa shape index (κ2) is 7.01. The standard InChI is InChI=1S/C19H20N2O2/c1-3-22-17-9-6-8-15(11-17)19-21-16(13-23-19)12-20-18-10-5-4-7-14(18)2/h4-11,13,20H,3,12H2,1-2H3. The van der Waals surface area contributed by atoms with E-state index in [1.807, 2.05) is 43.3 Å². The highest BCUT2D eigenvalue weighted by molar-refractivity contribution is 5.56. The Hall–Kier alpha value is -2.75. The van der Waals surface area contributed by atoms with Gasteiger partial charge in [0.05, 0.1) is 18.8 Å². The van der Waals surface area contributed by atoms with Crippen molar-refractivity contribution in [3.8, 4) is 17.2 Å².